The third kappa shape index (κ3) is 3.87. The Hall–Kier alpha value is -2.30. The van der Waals surface area contributed by atoms with Crippen molar-refractivity contribution in [1.82, 2.24) is 14.7 Å². The third-order valence-corrected chi connectivity index (χ3v) is 3.25. The zero-order chi connectivity index (χ0) is 16.1. The second kappa shape index (κ2) is 7.11. The highest BCUT2D eigenvalue weighted by Crippen LogP contribution is 2.20. The summed E-state index contributed by atoms with van der Waals surface area (Å²) in [4.78, 5) is 13.6. The number of hydrogen-bond acceptors (Lipinski definition) is 3. The Balaban J connectivity index is 2.30. The van der Waals surface area contributed by atoms with E-state index in [0.29, 0.717) is 24.1 Å². The van der Waals surface area contributed by atoms with Gasteiger partial charge in [-0.1, -0.05) is 32.0 Å². The van der Waals surface area contributed by atoms with E-state index < -0.39 is 0 Å². The van der Waals surface area contributed by atoms with Crippen LogP contribution in [0, 0.1) is 5.92 Å². The van der Waals surface area contributed by atoms with Crippen molar-refractivity contribution in [3.05, 3.63) is 42.1 Å². The monoisotopic (exact) mass is 301 g/mol. The minimum absolute atomic E-state index is 0.136. The molecule has 5 heteroatoms. The molecule has 0 radical (unpaired) electrons. The lowest BCUT2D eigenvalue weighted by Gasteiger charge is -2.10. The molecule has 0 aliphatic carbocycles. The summed E-state index contributed by atoms with van der Waals surface area (Å²) >= 11 is 0. The molecular weight excluding hydrogens is 278 g/mol. The highest BCUT2D eigenvalue weighted by atomic mass is 16.5. The standard InChI is InChI=1S/C17H23N3O2/c1-13(2)10-11-22-16-12-15(17(21)19(3)4)18-20(16)14-8-6-5-7-9-14/h5-9,12-13H,10-11H2,1-4H3. The second-order valence-electron chi connectivity index (χ2n) is 5.85. The highest BCUT2D eigenvalue weighted by molar-refractivity contribution is 5.92. The van der Waals surface area contributed by atoms with Crippen molar-refractivity contribution < 1.29 is 9.53 Å². The van der Waals surface area contributed by atoms with Crippen LogP contribution >= 0.6 is 0 Å². The molecule has 0 bridgehead atoms. The van der Waals surface area contributed by atoms with Gasteiger partial charge in [-0.15, -0.1) is 0 Å². The van der Waals surface area contributed by atoms with Gasteiger partial charge < -0.3 is 9.64 Å². The fourth-order valence-electron chi connectivity index (χ4n) is 1.95. The first-order valence-corrected chi connectivity index (χ1v) is 7.49. The van der Waals surface area contributed by atoms with Gasteiger partial charge in [-0.2, -0.15) is 5.10 Å². The first-order chi connectivity index (χ1) is 10.5. The van der Waals surface area contributed by atoms with Gasteiger partial charge >= 0.3 is 0 Å². The maximum atomic E-state index is 12.1. The molecule has 0 atom stereocenters. The summed E-state index contributed by atoms with van der Waals surface area (Å²) in [5, 5.41) is 4.40. The minimum Gasteiger partial charge on any atom is -0.478 e. The van der Waals surface area contributed by atoms with Gasteiger partial charge in [0.25, 0.3) is 5.91 Å². The van der Waals surface area contributed by atoms with E-state index in [2.05, 4.69) is 18.9 Å². The largest absolute Gasteiger partial charge is 0.478 e. The summed E-state index contributed by atoms with van der Waals surface area (Å²) in [5.41, 5.74) is 1.26. The Morgan fingerprint density at radius 1 is 1.27 bits per heavy atom. The van der Waals surface area contributed by atoms with Crippen LogP contribution in [0.1, 0.15) is 30.8 Å². The smallest absolute Gasteiger partial charge is 0.273 e. The van der Waals surface area contributed by atoms with Crippen LogP contribution in [0.15, 0.2) is 36.4 Å². The number of amides is 1. The van der Waals surface area contributed by atoms with E-state index in [1.807, 2.05) is 30.3 Å². The summed E-state index contributed by atoms with van der Waals surface area (Å²) in [6.45, 7) is 4.91. The Morgan fingerprint density at radius 3 is 2.55 bits per heavy atom. The van der Waals surface area contributed by atoms with Crippen LogP contribution in [-0.4, -0.2) is 41.3 Å². The quantitative estimate of drug-likeness (QED) is 0.824. The van der Waals surface area contributed by atoms with Crippen LogP contribution in [0.5, 0.6) is 5.88 Å². The Labute approximate surface area is 131 Å². The Bertz CT molecular complexity index is 618. The van der Waals surface area contributed by atoms with Crippen LogP contribution in [-0.2, 0) is 0 Å². The number of nitrogens with zero attached hydrogens (tertiary/aromatic N) is 3. The average molecular weight is 301 g/mol. The van der Waals surface area contributed by atoms with E-state index in [-0.39, 0.29) is 5.91 Å². The maximum absolute atomic E-state index is 12.1. The Morgan fingerprint density at radius 2 is 1.95 bits per heavy atom. The van der Waals surface area contributed by atoms with E-state index in [1.165, 1.54) is 4.90 Å². The molecule has 0 aliphatic heterocycles. The van der Waals surface area contributed by atoms with Gasteiger partial charge in [0.15, 0.2) is 5.69 Å². The van der Waals surface area contributed by atoms with E-state index in [4.69, 9.17) is 4.74 Å². The third-order valence-electron chi connectivity index (χ3n) is 3.25. The molecule has 1 aromatic carbocycles. The van der Waals surface area contributed by atoms with Crippen molar-refractivity contribution in [2.75, 3.05) is 20.7 Å². The zero-order valence-electron chi connectivity index (χ0n) is 13.6. The summed E-state index contributed by atoms with van der Waals surface area (Å²) in [6, 6.07) is 11.4. The lowest BCUT2D eigenvalue weighted by Crippen LogP contribution is -2.22. The molecule has 2 rings (SSSR count). The normalized spacial score (nSPS) is 10.8. The first-order valence-electron chi connectivity index (χ1n) is 7.49. The van der Waals surface area contributed by atoms with Gasteiger partial charge in [0.05, 0.1) is 12.3 Å². The van der Waals surface area contributed by atoms with Gasteiger partial charge in [-0.05, 0) is 24.5 Å². The molecule has 0 saturated heterocycles. The maximum Gasteiger partial charge on any atom is 0.273 e. The van der Waals surface area contributed by atoms with Crippen LogP contribution in [0.2, 0.25) is 0 Å². The fourth-order valence-corrected chi connectivity index (χ4v) is 1.95. The van der Waals surface area contributed by atoms with Crippen molar-refractivity contribution in [2.45, 2.75) is 20.3 Å². The predicted octanol–water partition coefficient (Wildman–Crippen LogP) is 3.00. The van der Waals surface area contributed by atoms with Crippen molar-refractivity contribution in [3.63, 3.8) is 0 Å². The lowest BCUT2D eigenvalue weighted by atomic mass is 10.1. The number of ether oxygens (including phenoxy) is 1. The van der Waals surface area contributed by atoms with Crippen LogP contribution in [0.4, 0.5) is 0 Å². The van der Waals surface area contributed by atoms with Gasteiger partial charge in [0.1, 0.15) is 0 Å². The minimum atomic E-state index is -0.136. The Kier molecular flexibility index (Phi) is 5.20. The molecule has 0 spiro atoms. The lowest BCUT2D eigenvalue weighted by molar-refractivity contribution is 0.0821. The molecule has 1 aromatic heterocycles. The topological polar surface area (TPSA) is 47.4 Å². The molecule has 0 unspecified atom stereocenters. The number of benzene rings is 1. The van der Waals surface area contributed by atoms with Gasteiger partial charge in [0.2, 0.25) is 5.88 Å². The molecular formula is C17H23N3O2. The summed E-state index contributed by atoms with van der Waals surface area (Å²) in [7, 11) is 3.42. The van der Waals surface area contributed by atoms with E-state index in [1.54, 1.807) is 24.8 Å². The predicted molar refractivity (Wildman–Crippen MR) is 86.5 cm³/mol. The molecule has 0 saturated carbocycles. The van der Waals surface area contributed by atoms with Gasteiger partial charge in [-0.3, -0.25) is 4.79 Å². The first kappa shape index (κ1) is 16.1. The average Bonchev–Trinajstić information content (AvgIpc) is 2.91. The highest BCUT2D eigenvalue weighted by Gasteiger charge is 2.17. The summed E-state index contributed by atoms with van der Waals surface area (Å²) in [6.07, 6.45) is 0.955. The van der Waals surface area contributed by atoms with E-state index in [0.717, 1.165) is 12.1 Å². The molecule has 2 aromatic rings. The molecule has 1 heterocycles. The number of carbonyl (C=O) groups excluding carboxylic acids is 1. The van der Waals surface area contributed by atoms with Gasteiger partial charge in [-0.25, -0.2) is 4.68 Å². The van der Waals surface area contributed by atoms with Crippen molar-refractivity contribution in [1.29, 1.82) is 0 Å². The molecule has 0 aliphatic rings. The number of aromatic nitrogens is 2. The molecule has 118 valence electrons. The van der Waals surface area contributed by atoms with Crippen molar-refractivity contribution in [3.8, 4) is 11.6 Å². The van der Waals surface area contributed by atoms with Crippen LogP contribution in [0.3, 0.4) is 0 Å². The van der Waals surface area contributed by atoms with Crippen molar-refractivity contribution >= 4 is 5.91 Å². The molecule has 1 amide bonds. The fraction of sp³-hybridized carbons (Fsp3) is 0.412. The number of hydrogen-bond donors (Lipinski definition) is 0. The van der Waals surface area contributed by atoms with Crippen molar-refractivity contribution in [2.24, 2.45) is 5.92 Å². The summed E-state index contributed by atoms with van der Waals surface area (Å²) < 4.78 is 7.52. The second-order valence-corrected chi connectivity index (χ2v) is 5.85. The van der Waals surface area contributed by atoms with E-state index in [9.17, 15) is 4.79 Å². The molecule has 5 nitrogen and oxygen atoms in total. The van der Waals surface area contributed by atoms with Crippen LogP contribution in [0.25, 0.3) is 5.69 Å². The van der Waals surface area contributed by atoms with E-state index >= 15 is 0 Å². The number of carbonyl (C=O) groups is 1. The molecule has 22 heavy (non-hydrogen) atoms. The number of para-hydroxylation sites is 1. The molecule has 0 N–H and O–H groups in total. The SMILES string of the molecule is CC(C)CCOc1cc(C(=O)N(C)C)nn1-c1ccccc1. The van der Waals surface area contributed by atoms with Crippen LogP contribution < -0.4 is 4.74 Å². The summed E-state index contributed by atoms with van der Waals surface area (Å²) in [5.74, 6) is 1.02. The van der Waals surface area contributed by atoms with Gasteiger partial charge in [0, 0.05) is 20.2 Å². The number of rotatable bonds is 6. The zero-order valence-corrected chi connectivity index (χ0v) is 13.6. The molecule has 0 fully saturated rings.